The molecule has 0 aliphatic carbocycles. The average molecular weight is 165 g/mol. The molecule has 1 fully saturated rings. The van der Waals surface area contributed by atoms with Gasteiger partial charge >= 0.3 is 51.4 Å². The van der Waals surface area contributed by atoms with Gasteiger partial charge in [-0.3, -0.25) is 0 Å². The summed E-state index contributed by atoms with van der Waals surface area (Å²) < 4.78 is 0. The molecule has 0 bridgehead atoms. The Hall–Kier alpha value is 1.60. The summed E-state index contributed by atoms with van der Waals surface area (Å²) in [6.45, 7) is 4.83. The summed E-state index contributed by atoms with van der Waals surface area (Å²) in [5.74, 6) is 0.843. The molecule has 0 aromatic rings. The smallest absolute Gasteiger partial charge is 0.324 e. The predicted octanol–water partition coefficient (Wildman–Crippen LogP) is -1.44. The number of likely N-dealkylation sites (tertiary alicyclic amines) is 1. The maximum Gasteiger partial charge on any atom is 1.00 e. The van der Waals surface area contributed by atoms with E-state index in [1.54, 1.807) is 0 Å². The Bertz CT molecular complexity index is 75.3. The first-order valence-electron chi connectivity index (χ1n) is 3.81. The van der Waals surface area contributed by atoms with Crippen LogP contribution in [-0.2, 0) is 0 Å². The quantitative estimate of drug-likeness (QED) is 0.314. The summed E-state index contributed by atoms with van der Waals surface area (Å²) in [5, 5.41) is 0. The van der Waals surface area contributed by atoms with Gasteiger partial charge in [-0.1, -0.05) is 13.3 Å². The molecule has 0 saturated carbocycles. The molecule has 1 rings (SSSR count). The van der Waals surface area contributed by atoms with Crippen LogP contribution in [-0.4, -0.2) is 25.0 Å². The third-order valence-corrected chi connectivity index (χ3v) is 2.05. The molecule has 1 saturated heterocycles. The maximum atomic E-state index is 2.43. The van der Waals surface area contributed by atoms with Crippen LogP contribution in [0.3, 0.4) is 0 Å². The van der Waals surface area contributed by atoms with Crippen LogP contribution in [0.1, 0.15) is 19.8 Å². The van der Waals surface area contributed by atoms with Crippen molar-refractivity contribution in [3.8, 4) is 0 Å². The predicted molar refractivity (Wildman–Crippen MR) is 40.2 cm³/mol. The van der Waals surface area contributed by atoms with Crippen LogP contribution in [0, 0.1) is 12.3 Å². The van der Waals surface area contributed by atoms with Crippen molar-refractivity contribution < 1.29 is 51.4 Å². The molecule has 0 aromatic carbocycles. The number of nitrogens with zero attached hydrogens (tertiary/aromatic N) is 1. The molecule has 1 aliphatic heterocycles. The van der Waals surface area contributed by atoms with Crippen molar-refractivity contribution >= 4 is 0 Å². The van der Waals surface area contributed by atoms with E-state index in [-0.39, 0.29) is 51.4 Å². The van der Waals surface area contributed by atoms with Crippen LogP contribution in [0.15, 0.2) is 0 Å². The number of rotatable bonds is 0. The van der Waals surface area contributed by atoms with Crippen molar-refractivity contribution in [3.63, 3.8) is 0 Å². The first kappa shape index (κ1) is 11.6. The van der Waals surface area contributed by atoms with Crippen LogP contribution in [0.4, 0.5) is 0 Å². The monoisotopic (exact) mass is 165 g/mol. The van der Waals surface area contributed by atoms with Gasteiger partial charge in [-0.2, -0.15) is 12.3 Å². The minimum absolute atomic E-state index is 0. The average Bonchev–Trinajstić information content (AvgIpc) is 1.97. The van der Waals surface area contributed by atoms with Gasteiger partial charge in [0, 0.05) is 0 Å². The summed E-state index contributed by atoms with van der Waals surface area (Å²) >= 11 is 0. The second-order valence-electron chi connectivity index (χ2n) is 3.09. The maximum absolute atomic E-state index is 2.43. The Morgan fingerprint density at radius 3 is 2.80 bits per heavy atom. The van der Waals surface area contributed by atoms with Gasteiger partial charge in [0.15, 0.2) is 0 Å². The number of hydrogen-bond donors (Lipinski definition) is 0. The van der Waals surface area contributed by atoms with Crippen molar-refractivity contribution in [1.29, 1.82) is 0 Å². The zero-order chi connectivity index (χ0) is 6.69. The van der Waals surface area contributed by atoms with Crippen LogP contribution >= 0.6 is 0 Å². The first-order valence-corrected chi connectivity index (χ1v) is 3.81. The van der Waals surface area contributed by atoms with E-state index in [4.69, 9.17) is 0 Å². The fourth-order valence-electron chi connectivity index (χ4n) is 1.23. The van der Waals surface area contributed by atoms with Crippen molar-refractivity contribution in [2.24, 2.45) is 5.92 Å². The third kappa shape index (κ3) is 4.47. The van der Waals surface area contributed by atoms with E-state index in [2.05, 4.69) is 25.3 Å². The van der Waals surface area contributed by atoms with Gasteiger partial charge in [-0.25, -0.2) is 0 Å². The van der Waals surface area contributed by atoms with Gasteiger partial charge in [-0.15, -0.1) is 0 Å². The molecule has 54 valence electrons. The Kier molecular flexibility index (Phi) is 7.13. The molecule has 10 heavy (non-hydrogen) atoms. The van der Waals surface area contributed by atoms with Crippen molar-refractivity contribution in [2.45, 2.75) is 19.8 Å². The Morgan fingerprint density at radius 2 is 2.10 bits per heavy atom. The van der Waals surface area contributed by atoms with Crippen LogP contribution < -0.4 is 51.4 Å². The normalized spacial score (nSPS) is 28.8. The molecule has 2 heteroatoms. The summed E-state index contributed by atoms with van der Waals surface area (Å²) in [4.78, 5) is 2.40. The molecule has 0 spiro atoms. The minimum Gasteiger partial charge on any atom is -0.324 e. The standard InChI is InChI=1S/C8H16N.K/c1-8-4-3-6-9(2)7-5-8;/h4,8H,3,5-7H2,1-2H3;/q-1;+1. The van der Waals surface area contributed by atoms with Crippen LogP contribution in [0.25, 0.3) is 0 Å². The van der Waals surface area contributed by atoms with E-state index in [0.29, 0.717) is 0 Å². The molecule has 0 aromatic heterocycles. The van der Waals surface area contributed by atoms with E-state index >= 15 is 0 Å². The fourth-order valence-corrected chi connectivity index (χ4v) is 1.23. The Morgan fingerprint density at radius 1 is 1.40 bits per heavy atom. The second kappa shape index (κ2) is 6.15. The number of hydrogen-bond acceptors (Lipinski definition) is 1. The van der Waals surface area contributed by atoms with Gasteiger partial charge in [0.05, 0.1) is 0 Å². The molecular weight excluding hydrogens is 149 g/mol. The molecular formula is C8H16KN. The Labute approximate surface area is 107 Å². The summed E-state index contributed by atoms with van der Waals surface area (Å²) in [5.41, 5.74) is 0. The van der Waals surface area contributed by atoms with Gasteiger partial charge in [0.1, 0.15) is 0 Å². The van der Waals surface area contributed by atoms with Crippen molar-refractivity contribution in [2.75, 3.05) is 20.1 Å². The fraction of sp³-hybridized carbons (Fsp3) is 0.875. The van der Waals surface area contributed by atoms with E-state index in [0.717, 1.165) is 5.92 Å². The van der Waals surface area contributed by atoms with Gasteiger partial charge in [-0.05, 0) is 20.1 Å². The van der Waals surface area contributed by atoms with E-state index in [1.807, 2.05) is 0 Å². The van der Waals surface area contributed by atoms with Crippen LogP contribution in [0.2, 0.25) is 0 Å². The molecule has 0 amide bonds. The van der Waals surface area contributed by atoms with Gasteiger partial charge in [0.25, 0.3) is 0 Å². The molecule has 1 atom stereocenters. The van der Waals surface area contributed by atoms with Gasteiger partial charge in [0.2, 0.25) is 0 Å². The molecule has 1 unspecified atom stereocenters. The SMILES string of the molecule is CC1[CH-]CCN(C)CC1.[K+]. The van der Waals surface area contributed by atoms with Crippen LogP contribution in [0.5, 0.6) is 0 Å². The zero-order valence-corrected chi connectivity index (χ0v) is 10.6. The largest absolute Gasteiger partial charge is 1.00 e. The van der Waals surface area contributed by atoms with E-state index in [1.165, 1.54) is 25.9 Å². The summed E-state index contributed by atoms with van der Waals surface area (Å²) in [6.07, 6.45) is 5.05. The molecule has 0 radical (unpaired) electrons. The second-order valence-corrected chi connectivity index (χ2v) is 3.09. The van der Waals surface area contributed by atoms with E-state index in [9.17, 15) is 0 Å². The minimum atomic E-state index is 0. The van der Waals surface area contributed by atoms with Crippen molar-refractivity contribution in [3.05, 3.63) is 6.42 Å². The summed E-state index contributed by atoms with van der Waals surface area (Å²) in [6, 6.07) is 0. The summed E-state index contributed by atoms with van der Waals surface area (Å²) in [7, 11) is 2.20. The Balaban J connectivity index is 0.000000810. The topological polar surface area (TPSA) is 3.24 Å². The zero-order valence-electron chi connectivity index (χ0n) is 7.43. The van der Waals surface area contributed by atoms with Gasteiger partial charge < -0.3 is 11.3 Å². The van der Waals surface area contributed by atoms with Crippen molar-refractivity contribution in [1.82, 2.24) is 4.90 Å². The molecule has 1 aliphatic rings. The molecule has 1 heterocycles. The van der Waals surface area contributed by atoms with E-state index < -0.39 is 0 Å². The first-order chi connectivity index (χ1) is 4.29. The molecule has 0 N–H and O–H groups in total. The molecule has 1 nitrogen and oxygen atoms in total. The third-order valence-electron chi connectivity index (χ3n) is 2.05.